The topological polar surface area (TPSA) is 104 Å². The van der Waals surface area contributed by atoms with Crippen molar-refractivity contribution in [1.29, 1.82) is 0 Å². The zero-order valence-electron chi connectivity index (χ0n) is 11.6. The predicted octanol–water partition coefficient (Wildman–Crippen LogP) is 1.12. The lowest BCUT2D eigenvalue weighted by Gasteiger charge is -2.02. The van der Waals surface area contributed by atoms with E-state index < -0.39 is 15.9 Å². The molecule has 0 saturated carbocycles. The molecular weight excluding hydrogens is 358 g/mol. The Hall–Kier alpha value is -1.88. The normalized spacial score (nSPS) is 13.3. The molecule has 1 aromatic carbocycles. The Morgan fingerprint density at radius 3 is 2.43 bits per heavy atom. The molecule has 0 radical (unpaired) electrons. The highest BCUT2D eigenvalue weighted by Gasteiger charge is 2.14. The van der Waals surface area contributed by atoms with Crippen molar-refractivity contribution < 1.29 is 18.1 Å². The number of nitrogens with zero attached hydrogens (tertiary/aromatic N) is 3. The van der Waals surface area contributed by atoms with Crippen molar-refractivity contribution in [3.05, 3.63) is 49.6 Å². The molecule has 2 aromatic rings. The Kier molecular flexibility index (Phi) is 4.15. The molecular formula is C13H11N3O4S3. The van der Waals surface area contributed by atoms with Gasteiger partial charge in [-0.05, 0) is 24.4 Å². The van der Waals surface area contributed by atoms with E-state index in [1.165, 1.54) is 4.57 Å². The largest absolute Gasteiger partial charge is 0.493 e. The number of hydrogen-bond donors (Lipinski definition) is 2. The summed E-state index contributed by atoms with van der Waals surface area (Å²) in [5.41, 5.74) is 0. The smallest absolute Gasteiger partial charge is 0.266 e. The highest BCUT2D eigenvalue weighted by Crippen LogP contribution is 2.28. The van der Waals surface area contributed by atoms with Gasteiger partial charge in [-0.25, -0.2) is 9.98 Å². The lowest BCUT2D eigenvalue weighted by atomic mass is 10.3. The molecule has 120 valence electrons. The number of hydrogen-bond acceptors (Lipinski definition) is 7. The summed E-state index contributed by atoms with van der Waals surface area (Å²) in [6, 6.07) is 7.37. The van der Waals surface area contributed by atoms with Crippen molar-refractivity contribution in [3.8, 4) is 5.88 Å². The van der Waals surface area contributed by atoms with Gasteiger partial charge >= 0.3 is 0 Å². The first kappa shape index (κ1) is 16.0. The van der Waals surface area contributed by atoms with E-state index in [1.54, 1.807) is 6.08 Å². The quantitative estimate of drug-likeness (QED) is 0.621. The van der Waals surface area contributed by atoms with Gasteiger partial charge in [-0.2, -0.15) is 8.42 Å². The second-order valence-corrected chi connectivity index (χ2v) is 7.96. The summed E-state index contributed by atoms with van der Waals surface area (Å²) < 4.78 is 32.0. The highest BCUT2D eigenvalue weighted by atomic mass is 32.2. The van der Waals surface area contributed by atoms with Crippen LogP contribution in [0.1, 0.15) is 4.88 Å². The van der Waals surface area contributed by atoms with Gasteiger partial charge in [0.25, 0.3) is 10.1 Å². The fourth-order valence-electron chi connectivity index (χ4n) is 2.02. The van der Waals surface area contributed by atoms with Gasteiger partial charge in [0.2, 0.25) is 5.88 Å². The van der Waals surface area contributed by atoms with Crippen LogP contribution in [-0.2, 0) is 16.7 Å². The number of rotatable bonds is 4. The molecule has 0 aliphatic carbocycles. The Morgan fingerprint density at radius 1 is 1.26 bits per heavy atom. The zero-order chi connectivity index (χ0) is 16.6. The monoisotopic (exact) mass is 369 g/mol. The molecule has 0 atom stereocenters. The average Bonchev–Trinajstić information content (AvgIpc) is 2.98. The third-order valence-corrected chi connectivity index (χ3v) is 5.16. The van der Waals surface area contributed by atoms with Gasteiger partial charge in [-0.15, -0.1) is 11.3 Å². The van der Waals surface area contributed by atoms with E-state index in [9.17, 15) is 13.5 Å². The fraction of sp³-hybridized carbons (Fsp3) is 0.154. The summed E-state index contributed by atoms with van der Waals surface area (Å²) in [6.07, 6.45) is 1.58. The first-order valence-corrected chi connectivity index (χ1v) is 9.29. The van der Waals surface area contributed by atoms with Crippen LogP contribution in [-0.4, -0.2) is 28.4 Å². The van der Waals surface area contributed by atoms with Crippen LogP contribution in [0.3, 0.4) is 0 Å². The molecule has 1 aromatic heterocycles. The van der Waals surface area contributed by atoms with Crippen molar-refractivity contribution in [2.45, 2.75) is 6.54 Å². The third-order valence-electron chi connectivity index (χ3n) is 3.08. The van der Waals surface area contributed by atoms with Crippen LogP contribution in [0.5, 0.6) is 5.88 Å². The average molecular weight is 369 g/mol. The highest BCUT2D eigenvalue weighted by molar-refractivity contribution is 7.85. The molecule has 23 heavy (non-hydrogen) atoms. The zero-order valence-corrected chi connectivity index (χ0v) is 14.0. The van der Waals surface area contributed by atoms with Crippen molar-refractivity contribution >= 4 is 39.7 Å². The lowest BCUT2D eigenvalue weighted by molar-refractivity contribution is 0.416. The number of thiazole rings is 1. The molecule has 1 aliphatic rings. The number of fused-ring (bicyclic) bond motifs is 1. The summed E-state index contributed by atoms with van der Waals surface area (Å²) in [7, 11) is -4.13. The molecule has 0 fully saturated rings. The number of benzene rings is 1. The molecule has 0 spiro atoms. The summed E-state index contributed by atoms with van der Waals surface area (Å²) in [6.45, 7) is -0.127. The van der Waals surface area contributed by atoms with E-state index in [2.05, 4.69) is 9.98 Å². The molecule has 10 heteroatoms. The van der Waals surface area contributed by atoms with Crippen molar-refractivity contribution in [2.24, 2.45) is 9.98 Å². The van der Waals surface area contributed by atoms with Gasteiger partial charge in [0, 0.05) is 12.6 Å². The Morgan fingerprint density at radius 2 is 1.87 bits per heavy atom. The van der Waals surface area contributed by atoms with E-state index in [1.807, 2.05) is 24.3 Å². The first-order chi connectivity index (χ1) is 10.8. The van der Waals surface area contributed by atoms with Gasteiger partial charge in [-0.3, -0.25) is 9.12 Å². The maximum atomic E-state index is 10.8. The predicted molar refractivity (Wildman–Crippen MR) is 88.0 cm³/mol. The SMILES string of the molecule is O=S(=O)(O)CCn1c(O)c(C=C2N=c3ccccc3=N2)sc1=S. The maximum Gasteiger partial charge on any atom is 0.266 e. The minimum atomic E-state index is -4.13. The summed E-state index contributed by atoms with van der Waals surface area (Å²) in [5.74, 6) is -0.265. The van der Waals surface area contributed by atoms with E-state index in [-0.39, 0.29) is 12.4 Å². The molecule has 0 bridgehead atoms. The van der Waals surface area contributed by atoms with Crippen molar-refractivity contribution in [1.82, 2.24) is 4.57 Å². The van der Waals surface area contributed by atoms with Crippen molar-refractivity contribution in [3.63, 3.8) is 0 Å². The molecule has 2 N–H and O–H groups in total. The summed E-state index contributed by atoms with van der Waals surface area (Å²) >= 11 is 6.23. The van der Waals surface area contributed by atoms with Crippen LogP contribution in [0.15, 0.2) is 40.1 Å². The molecule has 0 saturated heterocycles. The van der Waals surface area contributed by atoms with Gasteiger partial charge in [0.1, 0.15) is 0 Å². The molecule has 0 unspecified atom stereocenters. The van der Waals surface area contributed by atoms with E-state index in [4.69, 9.17) is 16.8 Å². The van der Waals surface area contributed by atoms with Crippen LogP contribution in [0.4, 0.5) is 0 Å². The van der Waals surface area contributed by atoms with Crippen LogP contribution >= 0.6 is 23.6 Å². The minimum Gasteiger partial charge on any atom is -0.493 e. The minimum absolute atomic E-state index is 0.127. The second-order valence-electron chi connectivity index (χ2n) is 4.71. The van der Waals surface area contributed by atoms with Crippen molar-refractivity contribution in [2.75, 3.05) is 5.75 Å². The standard InChI is InChI=1S/C13H11N3O4S3/c17-12-10(22-13(21)16(12)5-6-23(18,19)20)7-11-14-8-3-1-2-4-9(8)15-11/h1-4,7,17H,5-6H2,(H,18,19,20). The fourth-order valence-corrected chi connectivity index (χ4v) is 3.72. The van der Waals surface area contributed by atoms with E-state index in [0.717, 1.165) is 22.1 Å². The van der Waals surface area contributed by atoms with Gasteiger partial charge in [0.05, 0.1) is 21.3 Å². The van der Waals surface area contributed by atoms with E-state index >= 15 is 0 Å². The summed E-state index contributed by atoms with van der Waals surface area (Å²) in [4.78, 5) is 9.08. The molecule has 1 aliphatic heterocycles. The van der Waals surface area contributed by atoms with Crippen LogP contribution in [0.25, 0.3) is 6.08 Å². The van der Waals surface area contributed by atoms with Crippen LogP contribution < -0.4 is 10.7 Å². The Labute approximate surface area is 140 Å². The maximum absolute atomic E-state index is 10.8. The molecule has 3 rings (SSSR count). The van der Waals surface area contributed by atoms with Crippen LogP contribution in [0.2, 0.25) is 0 Å². The van der Waals surface area contributed by atoms with Gasteiger partial charge < -0.3 is 5.11 Å². The number of aromatic hydroxyl groups is 1. The Bertz CT molecular complexity index is 1040. The first-order valence-electron chi connectivity index (χ1n) is 6.45. The second kappa shape index (κ2) is 5.96. The van der Waals surface area contributed by atoms with Gasteiger partial charge in [-0.1, -0.05) is 12.1 Å². The summed E-state index contributed by atoms with van der Waals surface area (Å²) in [5, 5.41) is 11.7. The molecule has 7 nitrogen and oxygen atoms in total. The Balaban J connectivity index is 1.95. The molecule has 0 amide bonds. The van der Waals surface area contributed by atoms with Gasteiger partial charge in [0.15, 0.2) is 9.78 Å². The number of para-hydroxylation sites is 2. The molecule has 2 heterocycles. The van der Waals surface area contributed by atoms with Crippen LogP contribution in [0, 0.1) is 3.95 Å². The third kappa shape index (κ3) is 3.55. The van der Waals surface area contributed by atoms with E-state index in [0.29, 0.717) is 14.7 Å². The lowest BCUT2D eigenvalue weighted by Crippen LogP contribution is -2.19. The number of aromatic nitrogens is 1.